The van der Waals surface area contributed by atoms with E-state index in [4.69, 9.17) is 4.74 Å². The van der Waals surface area contributed by atoms with E-state index in [1.165, 1.54) is 0 Å². The van der Waals surface area contributed by atoms with Crippen molar-refractivity contribution >= 4 is 12.0 Å². The van der Waals surface area contributed by atoms with Gasteiger partial charge in [-0.2, -0.15) is 0 Å². The molecule has 0 radical (unpaired) electrons. The monoisotopic (exact) mass is 340 g/mol. The van der Waals surface area contributed by atoms with E-state index < -0.39 is 23.3 Å². The van der Waals surface area contributed by atoms with Crippen molar-refractivity contribution in [3.8, 4) is 0 Å². The summed E-state index contributed by atoms with van der Waals surface area (Å²) in [6, 6.07) is 3.26. The number of rotatable bonds is 5. The van der Waals surface area contributed by atoms with Crippen LogP contribution in [0, 0.1) is 17.6 Å². The van der Waals surface area contributed by atoms with Crippen LogP contribution < -0.4 is 10.6 Å². The smallest absolute Gasteiger partial charge is 0.407 e. The minimum atomic E-state index is -0.580. The number of benzene rings is 1. The second-order valence-electron chi connectivity index (χ2n) is 6.83. The quantitative estimate of drug-likeness (QED) is 0.810. The third kappa shape index (κ3) is 5.18. The van der Waals surface area contributed by atoms with E-state index in [1.54, 1.807) is 20.8 Å². The maximum absolute atomic E-state index is 13.7. The molecule has 24 heavy (non-hydrogen) atoms. The highest BCUT2D eigenvalue weighted by Gasteiger charge is 2.45. The summed E-state index contributed by atoms with van der Waals surface area (Å²) in [7, 11) is 0. The lowest BCUT2D eigenvalue weighted by Crippen LogP contribution is -2.38. The van der Waals surface area contributed by atoms with E-state index in [0.29, 0.717) is 6.42 Å². The largest absolute Gasteiger partial charge is 0.444 e. The van der Waals surface area contributed by atoms with Gasteiger partial charge >= 0.3 is 6.09 Å². The molecule has 2 atom stereocenters. The van der Waals surface area contributed by atoms with Gasteiger partial charge in [-0.3, -0.25) is 4.79 Å². The van der Waals surface area contributed by atoms with Crippen molar-refractivity contribution in [2.24, 2.45) is 5.92 Å². The molecule has 0 aliphatic heterocycles. The van der Waals surface area contributed by atoms with Gasteiger partial charge in [0.15, 0.2) is 0 Å². The molecular formula is C17H22F2N2O3. The summed E-state index contributed by atoms with van der Waals surface area (Å²) < 4.78 is 31.9. The van der Waals surface area contributed by atoms with Gasteiger partial charge in [-0.25, -0.2) is 13.6 Å². The van der Waals surface area contributed by atoms with Gasteiger partial charge in [0.05, 0.1) is 0 Å². The molecule has 2 amide bonds. The van der Waals surface area contributed by atoms with Crippen LogP contribution in [0.1, 0.15) is 38.7 Å². The Morgan fingerprint density at radius 3 is 2.54 bits per heavy atom. The number of hydrogen-bond acceptors (Lipinski definition) is 3. The predicted octanol–water partition coefficient (Wildman–Crippen LogP) is 2.71. The summed E-state index contributed by atoms with van der Waals surface area (Å²) in [5.74, 6) is -1.89. The highest BCUT2D eigenvalue weighted by atomic mass is 19.1. The van der Waals surface area contributed by atoms with Crippen LogP contribution in [0.3, 0.4) is 0 Å². The number of ether oxygens (including phenoxy) is 1. The van der Waals surface area contributed by atoms with Gasteiger partial charge in [0.1, 0.15) is 17.2 Å². The van der Waals surface area contributed by atoms with E-state index in [-0.39, 0.29) is 36.4 Å². The molecule has 1 aromatic carbocycles. The van der Waals surface area contributed by atoms with Gasteiger partial charge < -0.3 is 15.4 Å². The second kappa shape index (κ2) is 7.15. The molecule has 132 valence electrons. The standard InChI is InChI=1S/C17H22F2N2O3/c1-17(2,3)24-16(23)21-7-6-20-15(22)13-9-11(13)12-8-10(18)4-5-14(12)19/h4-5,8,11,13H,6-7,9H2,1-3H3,(H,20,22)(H,21,23). The van der Waals surface area contributed by atoms with Crippen molar-refractivity contribution in [2.45, 2.75) is 38.7 Å². The topological polar surface area (TPSA) is 67.4 Å². The lowest BCUT2D eigenvalue weighted by molar-refractivity contribution is -0.122. The highest BCUT2D eigenvalue weighted by Crippen LogP contribution is 2.48. The zero-order chi connectivity index (χ0) is 17.9. The third-order valence-corrected chi connectivity index (χ3v) is 3.58. The molecule has 0 heterocycles. The molecule has 2 rings (SSSR count). The fraction of sp³-hybridized carbons (Fsp3) is 0.529. The zero-order valence-electron chi connectivity index (χ0n) is 14.0. The predicted molar refractivity (Wildman–Crippen MR) is 84.5 cm³/mol. The van der Waals surface area contributed by atoms with Crippen LogP contribution in [-0.2, 0) is 9.53 Å². The number of alkyl carbamates (subject to hydrolysis) is 1. The summed E-state index contributed by atoms with van der Waals surface area (Å²) in [6.07, 6.45) is -0.0611. The van der Waals surface area contributed by atoms with Gasteiger partial charge in [-0.1, -0.05) is 0 Å². The van der Waals surface area contributed by atoms with E-state index in [0.717, 1.165) is 18.2 Å². The summed E-state index contributed by atoms with van der Waals surface area (Å²) in [6.45, 7) is 5.74. The van der Waals surface area contributed by atoms with Gasteiger partial charge in [0.25, 0.3) is 0 Å². The van der Waals surface area contributed by atoms with Crippen LogP contribution in [-0.4, -0.2) is 30.7 Å². The molecule has 1 fully saturated rings. The van der Waals surface area contributed by atoms with Crippen molar-refractivity contribution in [3.05, 3.63) is 35.4 Å². The van der Waals surface area contributed by atoms with E-state index in [1.807, 2.05) is 0 Å². The van der Waals surface area contributed by atoms with Crippen LogP contribution in [0.15, 0.2) is 18.2 Å². The number of carbonyl (C=O) groups is 2. The average Bonchev–Trinajstić information content (AvgIpc) is 3.24. The van der Waals surface area contributed by atoms with Crippen LogP contribution in [0.2, 0.25) is 0 Å². The maximum Gasteiger partial charge on any atom is 0.407 e. The van der Waals surface area contributed by atoms with Crippen molar-refractivity contribution in [3.63, 3.8) is 0 Å². The lowest BCUT2D eigenvalue weighted by Gasteiger charge is -2.19. The molecule has 2 unspecified atom stereocenters. The third-order valence-electron chi connectivity index (χ3n) is 3.58. The molecular weight excluding hydrogens is 318 g/mol. The van der Waals surface area contributed by atoms with Gasteiger partial charge in [0.2, 0.25) is 5.91 Å². The van der Waals surface area contributed by atoms with E-state index in [9.17, 15) is 18.4 Å². The molecule has 0 spiro atoms. The second-order valence-corrected chi connectivity index (χ2v) is 6.83. The molecule has 5 nitrogen and oxygen atoms in total. The Bertz CT molecular complexity index is 629. The number of hydrogen-bond donors (Lipinski definition) is 2. The minimum absolute atomic E-state index is 0.227. The zero-order valence-corrected chi connectivity index (χ0v) is 14.0. The Kier molecular flexibility index (Phi) is 5.41. The Morgan fingerprint density at radius 2 is 1.88 bits per heavy atom. The summed E-state index contributed by atoms with van der Waals surface area (Å²) in [5.41, 5.74) is -0.342. The number of nitrogens with one attached hydrogen (secondary N) is 2. The Morgan fingerprint density at radius 1 is 1.21 bits per heavy atom. The van der Waals surface area contributed by atoms with E-state index >= 15 is 0 Å². The average molecular weight is 340 g/mol. The number of halogens is 2. The van der Waals surface area contributed by atoms with Crippen molar-refractivity contribution in [1.29, 1.82) is 0 Å². The molecule has 1 saturated carbocycles. The summed E-state index contributed by atoms with van der Waals surface area (Å²) in [4.78, 5) is 23.4. The highest BCUT2D eigenvalue weighted by molar-refractivity contribution is 5.83. The van der Waals surface area contributed by atoms with Crippen molar-refractivity contribution in [2.75, 3.05) is 13.1 Å². The fourth-order valence-electron chi connectivity index (χ4n) is 2.42. The Labute approximate surface area is 139 Å². The Hall–Kier alpha value is -2.18. The molecule has 0 saturated heterocycles. The van der Waals surface area contributed by atoms with Crippen LogP contribution in [0.5, 0.6) is 0 Å². The first-order valence-corrected chi connectivity index (χ1v) is 7.87. The summed E-state index contributed by atoms with van der Waals surface area (Å²) in [5, 5.41) is 5.20. The van der Waals surface area contributed by atoms with Gasteiger partial charge in [0, 0.05) is 19.0 Å². The van der Waals surface area contributed by atoms with Gasteiger partial charge in [-0.05, 0) is 56.9 Å². The molecule has 2 N–H and O–H groups in total. The van der Waals surface area contributed by atoms with E-state index in [2.05, 4.69) is 10.6 Å². The molecule has 0 bridgehead atoms. The Balaban J connectivity index is 1.71. The minimum Gasteiger partial charge on any atom is -0.444 e. The maximum atomic E-state index is 13.7. The molecule has 1 aliphatic rings. The molecule has 0 aromatic heterocycles. The first-order valence-electron chi connectivity index (χ1n) is 7.87. The number of amides is 2. The first-order chi connectivity index (χ1) is 11.2. The fourth-order valence-corrected chi connectivity index (χ4v) is 2.42. The normalized spacial score (nSPS) is 19.5. The molecule has 1 aliphatic carbocycles. The molecule has 7 heteroatoms. The van der Waals surface area contributed by atoms with Crippen LogP contribution >= 0.6 is 0 Å². The lowest BCUT2D eigenvalue weighted by atomic mass is 10.1. The van der Waals surface area contributed by atoms with Crippen LogP contribution in [0.4, 0.5) is 13.6 Å². The van der Waals surface area contributed by atoms with Crippen molar-refractivity contribution < 1.29 is 23.1 Å². The summed E-state index contributed by atoms with van der Waals surface area (Å²) >= 11 is 0. The first kappa shape index (κ1) is 18.2. The molecule has 1 aromatic rings. The van der Waals surface area contributed by atoms with Crippen LogP contribution in [0.25, 0.3) is 0 Å². The van der Waals surface area contributed by atoms with Crippen molar-refractivity contribution in [1.82, 2.24) is 10.6 Å². The van der Waals surface area contributed by atoms with Gasteiger partial charge in [-0.15, -0.1) is 0 Å². The number of carbonyl (C=O) groups excluding carboxylic acids is 2. The SMILES string of the molecule is CC(C)(C)OC(=O)NCCNC(=O)C1CC1c1cc(F)ccc1F.